The molecule has 0 spiro atoms. The highest BCUT2D eigenvalue weighted by Crippen LogP contribution is 2.20. The second-order valence-corrected chi connectivity index (χ2v) is 4.94. The summed E-state index contributed by atoms with van der Waals surface area (Å²) in [6.45, 7) is 0. The minimum absolute atomic E-state index is 0.129. The second-order valence-electron chi connectivity index (χ2n) is 3.94. The van der Waals surface area contributed by atoms with Crippen molar-refractivity contribution < 1.29 is 9.42 Å². The first-order valence-electron chi connectivity index (χ1n) is 5.88. The zero-order valence-corrected chi connectivity index (χ0v) is 11.1. The normalized spacial score (nSPS) is 10.6. The van der Waals surface area contributed by atoms with Gasteiger partial charge in [0.15, 0.2) is 5.52 Å². The van der Waals surface area contributed by atoms with Crippen molar-refractivity contribution in [1.29, 1.82) is 0 Å². The van der Waals surface area contributed by atoms with E-state index in [4.69, 9.17) is 0 Å². The molecule has 0 unspecified atom stereocenters. The first kappa shape index (κ1) is 12.6. The number of nitrogens with one attached hydrogen (secondary N) is 1. The standard InChI is InChI=1S/C13H10N4O2S/c18-11(8-20-12-6-1-2-7-14-12)15-9-4-3-5-10-13(9)17-19-16-10/h1-7H,8H2,(H,15,18). The molecule has 0 radical (unpaired) electrons. The molecule has 0 fully saturated rings. The van der Waals surface area contributed by atoms with Crippen LogP contribution >= 0.6 is 11.8 Å². The molecule has 7 heteroatoms. The van der Waals surface area contributed by atoms with Crippen molar-refractivity contribution in [3.05, 3.63) is 42.6 Å². The van der Waals surface area contributed by atoms with Crippen LogP contribution in [0, 0.1) is 0 Å². The Morgan fingerprint density at radius 3 is 3.00 bits per heavy atom. The van der Waals surface area contributed by atoms with Gasteiger partial charge in [0, 0.05) is 6.20 Å². The third-order valence-corrected chi connectivity index (χ3v) is 3.49. The van der Waals surface area contributed by atoms with Crippen molar-refractivity contribution in [2.75, 3.05) is 11.1 Å². The number of anilines is 1. The Morgan fingerprint density at radius 2 is 2.15 bits per heavy atom. The summed E-state index contributed by atoms with van der Waals surface area (Å²) < 4.78 is 4.65. The van der Waals surface area contributed by atoms with Gasteiger partial charge in [-0.05, 0) is 34.6 Å². The SMILES string of the molecule is O=C(CSc1ccccn1)Nc1cccc2nonc12. The summed E-state index contributed by atoms with van der Waals surface area (Å²) in [6.07, 6.45) is 1.70. The van der Waals surface area contributed by atoms with E-state index in [1.807, 2.05) is 18.2 Å². The molecule has 2 heterocycles. The number of rotatable bonds is 4. The van der Waals surface area contributed by atoms with Crippen molar-refractivity contribution in [3.8, 4) is 0 Å². The number of pyridine rings is 1. The number of nitrogens with zero attached hydrogens (tertiary/aromatic N) is 3. The number of amides is 1. The molecular formula is C13H10N4O2S. The molecule has 0 saturated carbocycles. The monoisotopic (exact) mass is 286 g/mol. The number of aromatic nitrogens is 3. The molecule has 0 aliphatic carbocycles. The molecule has 0 atom stereocenters. The zero-order chi connectivity index (χ0) is 13.8. The third-order valence-electron chi connectivity index (χ3n) is 2.55. The number of carbonyl (C=O) groups is 1. The summed E-state index contributed by atoms with van der Waals surface area (Å²) >= 11 is 1.37. The quantitative estimate of drug-likeness (QED) is 0.741. The maximum absolute atomic E-state index is 11.9. The molecule has 3 rings (SSSR count). The number of fused-ring (bicyclic) bond motifs is 1. The fraction of sp³-hybridized carbons (Fsp3) is 0.0769. The van der Waals surface area contributed by atoms with Gasteiger partial charge in [-0.25, -0.2) is 9.61 Å². The molecule has 1 N–H and O–H groups in total. The Labute approximate surface area is 118 Å². The van der Waals surface area contributed by atoms with Gasteiger partial charge in [0.2, 0.25) is 5.91 Å². The number of carbonyl (C=O) groups excluding carboxylic acids is 1. The largest absolute Gasteiger partial charge is 0.323 e. The van der Waals surface area contributed by atoms with Gasteiger partial charge in [-0.2, -0.15) is 0 Å². The molecule has 0 aliphatic rings. The van der Waals surface area contributed by atoms with Crippen molar-refractivity contribution in [2.45, 2.75) is 5.03 Å². The number of benzene rings is 1. The summed E-state index contributed by atoms with van der Waals surface area (Å²) in [6, 6.07) is 10.9. The van der Waals surface area contributed by atoms with E-state index < -0.39 is 0 Å². The molecule has 20 heavy (non-hydrogen) atoms. The fourth-order valence-electron chi connectivity index (χ4n) is 1.67. The van der Waals surface area contributed by atoms with Crippen molar-refractivity contribution in [2.24, 2.45) is 0 Å². The Hall–Kier alpha value is -2.41. The van der Waals surface area contributed by atoms with E-state index >= 15 is 0 Å². The summed E-state index contributed by atoms with van der Waals surface area (Å²) in [4.78, 5) is 16.1. The predicted molar refractivity (Wildman–Crippen MR) is 75.4 cm³/mol. The van der Waals surface area contributed by atoms with Crippen LogP contribution in [0.3, 0.4) is 0 Å². The van der Waals surface area contributed by atoms with Gasteiger partial charge in [-0.15, -0.1) is 0 Å². The van der Waals surface area contributed by atoms with Gasteiger partial charge < -0.3 is 5.32 Å². The second kappa shape index (κ2) is 5.70. The van der Waals surface area contributed by atoms with Crippen LogP contribution in [0.25, 0.3) is 11.0 Å². The van der Waals surface area contributed by atoms with E-state index in [9.17, 15) is 4.79 Å². The minimum atomic E-state index is -0.129. The Morgan fingerprint density at radius 1 is 1.20 bits per heavy atom. The van der Waals surface area contributed by atoms with Crippen LogP contribution in [-0.2, 0) is 4.79 Å². The van der Waals surface area contributed by atoms with E-state index in [0.29, 0.717) is 16.7 Å². The third kappa shape index (κ3) is 2.77. The number of thioether (sulfide) groups is 1. The average Bonchev–Trinajstić information content (AvgIpc) is 2.96. The van der Waals surface area contributed by atoms with E-state index in [1.54, 1.807) is 24.4 Å². The minimum Gasteiger partial charge on any atom is -0.323 e. The molecule has 100 valence electrons. The van der Waals surface area contributed by atoms with Crippen molar-refractivity contribution in [3.63, 3.8) is 0 Å². The fourth-order valence-corrected chi connectivity index (χ4v) is 2.33. The van der Waals surface area contributed by atoms with Crippen molar-refractivity contribution >= 4 is 34.4 Å². The maximum atomic E-state index is 11.9. The van der Waals surface area contributed by atoms with E-state index in [0.717, 1.165) is 5.03 Å². The smallest absolute Gasteiger partial charge is 0.234 e. The Kier molecular flexibility index (Phi) is 3.60. The van der Waals surface area contributed by atoms with Gasteiger partial charge >= 0.3 is 0 Å². The first-order chi connectivity index (χ1) is 9.83. The topological polar surface area (TPSA) is 80.9 Å². The zero-order valence-electron chi connectivity index (χ0n) is 10.3. The summed E-state index contributed by atoms with van der Waals surface area (Å²) in [5.41, 5.74) is 1.75. The molecule has 2 aromatic heterocycles. The predicted octanol–water partition coefficient (Wildman–Crippen LogP) is 2.35. The molecule has 0 aliphatic heterocycles. The summed E-state index contributed by atoms with van der Waals surface area (Å²) in [5, 5.41) is 11.1. The summed E-state index contributed by atoms with van der Waals surface area (Å²) in [5.74, 6) is 0.148. The Balaban J connectivity index is 1.66. The van der Waals surface area contributed by atoms with Crippen LogP contribution in [-0.4, -0.2) is 27.0 Å². The average molecular weight is 286 g/mol. The van der Waals surface area contributed by atoms with Gasteiger partial charge in [-0.1, -0.05) is 23.9 Å². The highest BCUT2D eigenvalue weighted by Gasteiger charge is 2.10. The van der Waals surface area contributed by atoms with Crippen LogP contribution in [0.5, 0.6) is 0 Å². The van der Waals surface area contributed by atoms with Crippen LogP contribution in [0.2, 0.25) is 0 Å². The van der Waals surface area contributed by atoms with E-state index in [2.05, 4.69) is 25.2 Å². The Bertz CT molecular complexity index is 729. The van der Waals surface area contributed by atoms with Crippen molar-refractivity contribution in [1.82, 2.24) is 15.3 Å². The lowest BCUT2D eigenvalue weighted by atomic mass is 10.2. The molecule has 1 aromatic carbocycles. The molecule has 0 bridgehead atoms. The highest BCUT2D eigenvalue weighted by molar-refractivity contribution is 7.99. The lowest BCUT2D eigenvalue weighted by Crippen LogP contribution is -2.14. The molecule has 6 nitrogen and oxygen atoms in total. The summed E-state index contributed by atoms with van der Waals surface area (Å²) in [7, 11) is 0. The molecule has 0 saturated heterocycles. The van der Waals surface area contributed by atoms with Crippen LogP contribution in [0.15, 0.2) is 52.3 Å². The van der Waals surface area contributed by atoms with Gasteiger partial charge in [0.1, 0.15) is 5.52 Å². The van der Waals surface area contributed by atoms with Crippen LogP contribution < -0.4 is 5.32 Å². The molecule has 3 aromatic rings. The molecular weight excluding hydrogens is 276 g/mol. The van der Waals surface area contributed by atoms with Gasteiger partial charge in [0.05, 0.1) is 16.5 Å². The highest BCUT2D eigenvalue weighted by atomic mass is 32.2. The lowest BCUT2D eigenvalue weighted by molar-refractivity contribution is -0.113. The van der Waals surface area contributed by atoms with Gasteiger partial charge in [0.25, 0.3) is 0 Å². The van der Waals surface area contributed by atoms with Crippen LogP contribution in [0.4, 0.5) is 5.69 Å². The van der Waals surface area contributed by atoms with Gasteiger partial charge in [-0.3, -0.25) is 4.79 Å². The maximum Gasteiger partial charge on any atom is 0.234 e. The lowest BCUT2D eigenvalue weighted by Gasteiger charge is -2.04. The molecule has 1 amide bonds. The van der Waals surface area contributed by atoms with Crippen LogP contribution in [0.1, 0.15) is 0 Å². The van der Waals surface area contributed by atoms with E-state index in [1.165, 1.54) is 11.8 Å². The van der Waals surface area contributed by atoms with E-state index in [-0.39, 0.29) is 11.7 Å². The number of hydrogen-bond donors (Lipinski definition) is 1. The number of hydrogen-bond acceptors (Lipinski definition) is 6. The first-order valence-corrected chi connectivity index (χ1v) is 6.86.